The van der Waals surface area contributed by atoms with Crippen LogP contribution < -0.4 is 61.8 Å². The van der Waals surface area contributed by atoms with Crippen molar-refractivity contribution in [3.05, 3.63) is 0 Å². The van der Waals surface area contributed by atoms with Crippen LogP contribution in [0.1, 0.15) is 25.7 Å². The van der Waals surface area contributed by atoms with E-state index in [1.807, 2.05) is 0 Å². The number of carboxylic acid groups (broad SMARTS) is 1. The van der Waals surface area contributed by atoms with E-state index in [9.17, 15) is 14.7 Å². The van der Waals surface area contributed by atoms with Crippen molar-refractivity contribution in [2.75, 3.05) is 6.61 Å². The van der Waals surface area contributed by atoms with E-state index in [2.05, 4.69) is 5.32 Å². The third-order valence-electron chi connectivity index (χ3n) is 6.37. The van der Waals surface area contributed by atoms with Gasteiger partial charge in [0.2, 0.25) is 0 Å². The van der Waals surface area contributed by atoms with Crippen LogP contribution in [-0.2, 0) is 9.53 Å². The number of fused-ring (bicyclic) bond motifs is 4. The number of urea groups is 1. The molecule has 0 aromatic carbocycles. The largest absolute Gasteiger partial charge is 1.00 e. The fourth-order valence-corrected chi connectivity index (χ4v) is 5.28. The van der Waals surface area contributed by atoms with Gasteiger partial charge in [-0.3, -0.25) is 0 Å². The Hall–Kier alpha value is 0.336. The summed E-state index contributed by atoms with van der Waals surface area (Å²) in [6.45, 7) is 0.609. The van der Waals surface area contributed by atoms with Gasteiger partial charge in [-0.25, -0.2) is 4.79 Å². The maximum atomic E-state index is 12.7. The van der Waals surface area contributed by atoms with Crippen LogP contribution in [0.2, 0.25) is 0 Å². The Labute approximate surface area is 171 Å². The Morgan fingerprint density at radius 1 is 1.09 bits per heavy atom. The fraction of sp³-hybridized carbons (Fsp3) is 0.867. The van der Waals surface area contributed by atoms with Crippen molar-refractivity contribution in [1.29, 1.82) is 0 Å². The summed E-state index contributed by atoms with van der Waals surface area (Å²) in [4.78, 5) is 25.5. The normalized spacial score (nSPS) is 49.7. The van der Waals surface area contributed by atoms with Crippen molar-refractivity contribution in [3.63, 3.8) is 0 Å². The number of likely N-dealkylation sites (tertiary alicyclic amines) is 1. The molecule has 2 saturated heterocycles. The van der Waals surface area contributed by atoms with Gasteiger partial charge in [0.15, 0.2) is 0 Å². The van der Waals surface area contributed by atoms with Gasteiger partial charge in [-0.15, -0.1) is 0 Å². The first-order chi connectivity index (χ1) is 10.1. The van der Waals surface area contributed by atoms with E-state index in [-0.39, 0.29) is 75.6 Å². The molecule has 0 spiro atoms. The zero-order valence-corrected chi connectivity index (χ0v) is 15.9. The van der Waals surface area contributed by atoms with E-state index in [1.165, 1.54) is 17.7 Å². The first-order valence-corrected chi connectivity index (χ1v) is 8.06. The smallest absolute Gasteiger partial charge is 0.548 e. The molecule has 6 nitrogen and oxygen atoms in total. The maximum absolute atomic E-state index is 12.7. The van der Waals surface area contributed by atoms with Crippen molar-refractivity contribution in [1.82, 2.24) is 10.2 Å². The second-order valence-electron chi connectivity index (χ2n) is 7.35. The van der Waals surface area contributed by atoms with Gasteiger partial charge in [0.1, 0.15) is 0 Å². The number of carbonyl (C=O) groups is 2. The predicted molar refractivity (Wildman–Crippen MR) is 68.9 cm³/mol. The van der Waals surface area contributed by atoms with Crippen LogP contribution in [0, 0.1) is 23.7 Å². The van der Waals surface area contributed by atoms with Crippen LogP contribution in [-0.4, -0.2) is 47.7 Å². The molecule has 3 saturated carbocycles. The number of nitrogens with zero attached hydrogens (tertiary/aromatic N) is 1. The Morgan fingerprint density at radius 2 is 1.77 bits per heavy atom. The molecule has 2 aliphatic heterocycles. The van der Waals surface area contributed by atoms with Gasteiger partial charge in [-0.1, -0.05) is 0 Å². The molecule has 0 unspecified atom stereocenters. The van der Waals surface area contributed by atoms with E-state index < -0.39 is 12.0 Å². The van der Waals surface area contributed by atoms with Gasteiger partial charge in [-0.05, 0) is 42.9 Å². The van der Waals surface area contributed by atoms with Gasteiger partial charge in [0.05, 0.1) is 24.2 Å². The van der Waals surface area contributed by atoms with Gasteiger partial charge >= 0.3 is 57.4 Å². The summed E-state index contributed by atoms with van der Waals surface area (Å²) in [5, 5.41) is 14.5. The summed E-state index contributed by atoms with van der Waals surface area (Å²) in [6.07, 6.45) is 3.44. The molecular formula is C15H19KN2O4. The number of aliphatic carboxylic acids is 1. The van der Waals surface area contributed by atoms with E-state index in [0.29, 0.717) is 24.9 Å². The summed E-state index contributed by atoms with van der Waals surface area (Å²) in [5.74, 6) is 1.80. The minimum Gasteiger partial charge on any atom is -0.548 e. The first kappa shape index (κ1) is 15.8. The molecule has 5 rings (SSSR count). The monoisotopic (exact) mass is 330 g/mol. The molecule has 2 heterocycles. The van der Waals surface area contributed by atoms with Gasteiger partial charge in [0, 0.05) is 19.1 Å². The molecule has 0 radical (unpaired) electrons. The van der Waals surface area contributed by atoms with Gasteiger partial charge in [-0.2, -0.15) is 0 Å². The Kier molecular flexibility index (Phi) is 3.90. The second-order valence-corrected chi connectivity index (χ2v) is 7.35. The van der Waals surface area contributed by atoms with Crippen LogP contribution in [0.3, 0.4) is 0 Å². The Balaban J connectivity index is 0.00000125. The molecule has 3 aliphatic carbocycles. The average molecular weight is 330 g/mol. The molecule has 5 fully saturated rings. The zero-order chi connectivity index (χ0) is 14.3. The molecule has 22 heavy (non-hydrogen) atoms. The van der Waals surface area contributed by atoms with E-state index in [0.717, 1.165) is 18.3 Å². The fourth-order valence-electron chi connectivity index (χ4n) is 5.28. The maximum Gasteiger partial charge on any atom is 1.00 e. The molecule has 2 amide bonds. The number of nitrogens with one attached hydrogen (secondary N) is 1. The molecule has 0 bridgehead atoms. The number of ether oxygens (including phenoxy) is 1. The molecule has 0 aromatic heterocycles. The number of carbonyl (C=O) groups excluding carboxylic acids is 2. The predicted octanol–water partition coefficient (Wildman–Crippen LogP) is -3.66. The molecule has 7 heteroatoms. The number of amides is 2. The van der Waals surface area contributed by atoms with Crippen molar-refractivity contribution in [3.8, 4) is 0 Å². The van der Waals surface area contributed by atoms with Gasteiger partial charge in [0.25, 0.3) is 0 Å². The van der Waals surface area contributed by atoms with Crippen LogP contribution in [0.5, 0.6) is 0 Å². The van der Waals surface area contributed by atoms with Crippen molar-refractivity contribution in [2.45, 2.75) is 49.9 Å². The molecule has 0 aromatic rings. The number of hydrogen-bond acceptors (Lipinski definition) is 4. The molecule has 1 N–H and O–H groups in total. The van der Waals surface area contributed by atoms with Crippen molar-refractivity contribution >= 4 is 12.0 Å². The van der Waals surface area contributed by atoms with E-state index in [4.69, 9.17) is 4.74 Å². The number of rotatable bonds is 2. The molecular weight excluding hydrogens is 311 g/mol. The molecule has 5 aliphatic rings. The van der Waals surface area contributed by atoms with Crippen molar-refractivity contribution in [2.24, 2.45) is 23.7 Å². The summed E-state index contributed by atoms with van der Waals surface area (Å²) in [5.41, 5.74) is 0. The molecule has 114 valence electrons. The Bertz CT molecular complexity index is 514. The van der Waals surface area contributed by atoms with Crippen LogP contribution in [0.4, 0.5) is 4.79 Å². The number of carboxylic acids is 1. The summed E-state index contributed by atoms with van der Waals surface area (Å²) in [7, 11) is 0. The van der Waals surface area contributed by atoms with E-state index in [1.54, 1.807) is 0 Å². The molecule has 7 atom stereocenters. The standard InChI is InChI=1S/C15H20N2O4.K/c18-14(19)11-5-12-10(1-2-21-12)17(11)15(20)16-13-8-3-6(8)7-4-9(7)13;/h6-13H,1-5H2,(H,16,20)(H,18,19);/q;+1/p-1/t6-,7-,8-,9-,10+,11+,12+;/m1./s1. The third kappa shape index (κ3) is 2.23. The zero-order valence-electron chi connectivity index (χ0n) is 12.7. The van der Waals surface area contributed by atoms with Crippen LogP contribution in [0.15, 0.2) is 0 Å². The third-order valence-corrected chi connectivity index (χ3v) is 6.37. The van der Waals surface area contributed by atoms with Crippen LogP contribution in [0.25, 0.3) is 0 Å². The second kappa shape index (κ2) is 5.42. The minimum atomic E-state index is -1.16. The first-order valence-electron chi connectivity index (χ1n) is 8.06. The van der Waals surface area contributed by atoms with Crippen molar-refractivity contribution < 1.29 is 70.8 Å². The number of hydrogen-bond donors (Lipinski definition) is 1. The summed E-state index contributed by atoms with van der Waals surface area (Å²) in [6, 6.07) is -0.882. The quantitative estimate of drug-likeness (QED) is 0.529. The topological polar surface area (TPSA) is 81.7 Å². The minimum absolute atomic E-state index is 0. The summed E-state index contributed by atoms with van der Waals surface area (Å²) >= 11 is 0. The Morgan fingerprint density at radius 3 is 2.41 bits per heavy atom. The summed E-state index contributed by atoms with van der Waals surface area (Å²) < 4.78 is 5.55. The SMILES string of the molecule is O=C([O-])[C@@H]1C[C@@H]2OCC[C@@H]2N1C(=O)NC1[C@@H]2C[C@@H]2[C@H]2C[C@@H]12.[K+]. The van der Waals surface area contributed by atoms with E-state index >= 15 is 0 Å². The van der Waals surface area contributed by atoms with Crippen LogP contribution >= 0.6 is 0 Å². The average Bonchev–Trinajstić information content (AvgIpc) is 3.27. The van der Waals surface area contributed by atoms with Gasteiger partial charge < -0.3 is 24.9 Å².